The van der Waals surface area contributed by atoms with Gasteiger partial charge in [-0.25, -0.2) is 4.79 Å². The molecule has 5 heteroatoms. The third kappa shape index (κ3) is 5.78. The highest BCUT2D eigenvalue weighted by Gasteiger charge is 2.25. The van der Waals surface area contributed by atoms with Gasteiger partial charge in [0, 0.05) is 12.6 Å². The van der Waals surface area contributed by atoms with Crippen molar-refractivity contribution in [3.8, 4) is 0 Å². The van der Waals surface area contributed by atoms with Gasteiger partial charge in [0.25, 0.3) is 0 Å². The van der Waals surface area contributed by atoms with Crippen molar-refractivity contribution >= 4 is 6.03 Å². The number of aliphatic hydroxyl groups is 1. The van der Waals surface area contributed by atoms with E-state index in [0.29, 0.717) is 6.54 Å². The maximum absolute atomic E-state index is 11.8. The number of rotatable bonds is 5. The lowest BCUT2D eigenvalue weighted by molar-refractivity contribution is -0.0402. The van der Waals surface area contributed by atoms with E-state index in [1.807, 2.05) is 27.7 Å². The molecule has 1 heterocycles. The van der Waals surface area contributed by atoms with E-state index < -0.39 is 6.10 Å². The Hall–Kier alpha value is -0.810. The standard InChI is InChI=1S/C14H28N2O3/c1-5-9(2)13(17)8-15-14(18)16-12-6-10(3)19-11(4)7-12/h9-13,17H,5-8H2,1-4H3,(H2,15,16,18). The van der Waals surface area contributed by atoms with Gasteiger partial charge in [-0.2, -0.15) is 0 Å². The Kier molecular flexibility index (Phi) is 6.58. The quantitative estimate of drug-likeness (QED) is 0.712. The molecule has 0 spiro atoms. The number of ether oxygens (including phenoxy) is 1. The van der Waals surface area contributed by atoms with Crippen LogP contribution in [0.4, 0.5) is 4.79 Å². The van der Waals surface area contributed by atoms with E-state index in [9.17, 15) is 9.90 Å². The smallest absolute Gasteiger partial charge is 0.315 e. The number of aliphatic hydroxyl groups excluding tert-OH is 1. The molecule has 0 aliphatic carbocycles. The lowest BCUT2D eigenvalue weighted by Crippen LogP contribution is -2.49. The summed E-state index contributed by atoms with van der Waals surface area (Å²) in [6, 6.07) is -0.0480. The van der Waals surface area contributed by atoms with Crippen LogP contribution in [0.5, 0.6) is 0 Å². The summed E-state index contributed by atoms with van der Waals surface area (Å²) in [5.74, 6) is 0.198. The molecule has 1 fully saturated rings. The normalized spacial score (nSPS) is 30.5. The molecule has 4 unspecified atom stereocenters. The third-order valence-electron chi connectivity index (χ3n) is 3.81. The Morgan fingerprint density at radius 1 is 1.37 bits per heavy atom. The second kappa shape index (κ2) is 7.70. The minimum absolute atomic E-state index is 0.152. The van der Waals surface area contributed by atoms with Crippen LogP contribution in [0, 0.1) is 5.92 Å². The summed E-state index contributed by atoms with van der Waals surface area (Å²) >= 11 is 0. The first-order valence-corrected chi connectivity index (χ1v) is 7.30. The minimum Gasteiger partial charge on any atom is -0.391 e. The first kappa shape index (κ1) is 16.2. The van der Waals surface area contributed by atoms with Crippen LogP contribution in [0.3, 0.4) is 0 Å². The highest BCUT2D eigenvalue weighted by Crippen LogP contribution is 2.18. The number of carbonyl (C=O) groups is 1. The van der Waals surface area contributed by atoms with Crippen LogP contribution in [0.1, 0.15) is 47.0 Å². The predicted octanol–water partition coefficient (Wildman–Crippen LogP) is 1.65. The fraction of sp³-hybridized carbons (Fsp3) is 0.929. The van der Waals surface area contributed by atoms with Gasteiger partial charge in [0.15, 0.2) is 0 Å². The second-order valence-corrected chi connectivity index (χ2v) is 5.73. The van der Waals surface area contributed by atoms with E-state index in [1.54, 1.807) is 0 Å². The van der Waals surface area contributed by atoms with Crippen molar-refractivity contribution in [3.05, 3.63) is 0 Å². The van der Waals surface area contributed by atoms with Gasteiger partial charge in [-0.15, -0.1) is 0 Å². The van der Waals surface area contributed by atoms with Crippen LogP contribution in [0.25, 0.3) is 0 Å². The van der Waals surface area contributed by atoms with Gasteiger partial charge in [0.05, 0.1) is 18.3 Å². The molecule has 19 heavy (non-hydrogen) atoms. The molecule has 1 saturated heterocycles. The highest BCUT2D eigenvalue weighted by atomic mass is 16.5. The lowest BCUT2D eigenvalue weighted by atomic mass is 10.00. The van der Waals surface area contributed by atoms with E-state index >= 15 is 0 Å². The molecule has 5 nitrogen and oxygen atoms in total. The zero-order valence-electron chi connectivity index (χ0n) is 12.5. The van der Waals surface area contributed by atoms with Gasteiger partial charge in [-0.3, -0.25) is 0 Å². The molecule has 1 aliphatic heterocycles. The Morgan fingerprint density at radius 2 is 1.95 bits per heavy atom. The van der Waals surface area contributed by atoms with Crippen LogP contribution in [0.15, 0.2) is 0 Å². The number of nitrogens with one attached hydrogen (secondary N) is 2. The van der Waals surface area contributed by atoms with Gasteiger partial charge in [0.1, 0.15) is 0 Å². The number of carbonyl (C=O) groups excluding carboxylic acids is 1. The van der Waals surface area contributed by atoms with Crippen molar-refractivity contribution in [2.75, 3.05) is 6.54 Å². The molecule has 2 amide bonds. The zero-order valence-corrected chi connectivity index (χ0v) is 12.5. The molecule has 0 aromatic rings. The molecule has 0 aromatic carbocycles. The Morgan fingerprint density at radius 3 is 2.47 bits per heavy atom. The lowest BCUT2D eigenvalue weighted by Gasteiger charge is -2.32. The SMILES string of the molecule is CCC(C)C(O)CNC(=O)NC1CC(C)OC(C)C1. The Labute approximate surface area is 116 Å². The topological polar surface area (TPSA) is 70.6 Å². The van der Waals surface area contributed by atoms with E-state index in [1.165, 1.54) is 0 Å². The molecule has 4 atom stereocenters. The predicted molar refractivity (Wildman–Crippen MR) is 75.0 cm³/mol. The van der Waals surface area contributed by atoms with E-state index in [4.69, 9.17) is 4.74 Å². The molecule has 112 valence electrons. The first-order chi connectivity index (χ1) is 8.92. The molecular weight excluding hydrogens is 244 g/mol. The molecule has 0 radical (unpaired) electrons. The molecular formula is C14H28N2O3. The van der Waals surface area contributed by atoms with Gasteiger partial charge in [-0.05, 0) is 32.6 Å². The third-order valence-corrected chi connectivity index (χ3v) is 3.81. The number of urea groups is 1. The molecule has 0 aromatic heterocycles. The maximum atomic E-state index is 11.8. The summed E-state index contributed by atoms with van der Waals surface area (Å²) in [6.07, 6.45) is 2.46. The van der Waals surface area contributed by atoms with Gasteiger partial charge >= 0.3 is 6.03 Å². The Bertz CT molecular complexity index is 276. The zero-order chi connectivity index (χ0) is 14.4. The van der Waals surface area contributed by atoms with Gasteiger partial charge in [0.2, 0.25) is 0 Å². The number of hydrogen-bond acceptors (Lipinski definition) is 3. The van der Waals surface area contributed by atoms with Crippen LogP contribution in [-0.4, -0.2) is 42.0 Å². The number of hydrogen-bond donors (Lipinski definition) is 3. The van der Waals surface area contributed by atoms with E-state index in [-0.39, 0.29) is 30.2 Å². The van der Waals surface area contributed by atoms with E-state index in [2.05, 4.69) is 10.6 Å². The average molecular weight is 272 g/mol. The summed E-state index contributed by atoms with van der Waals surface area (Å²) in [7, 11) is 0. The average Bonchev–Trinajstić information content (AvgIpc) is 2.33. The van der Waals surface area contributed by atoms with Crippen LogP contribution < -0.4 is 10.6 Å². The van der Waals surface area contributed by atoms with Crippen molar-refractivity contribution in [2.24, 2.45) is 5.92 Å². The fourth-order valence-corrected chi connectivity index (χ4v) is 2.43. The van der Waals surface area contributed by atoms with Crippen LogP contribution >= 0.6 is 0 Å². The molecule has 1 aliphatic rings. The second-order valence-electron chi connectivity index (χ2n) is 5.73. The van der Waals surface area contributed by atoms with Gasteiger partial charge < -0.3 is 20.5 Å². The molecule has 0 saturated carbocycles. The van der Waals surface area contributed by atoms with Crippen molar-refractivity contribution in [1.29, 1.82) is 0 Å². The van der Waals surface area contributed by atoms with Crippen molar-refractivity contribution in [2.45, 2.75) is 71.3 Å². The van der Waals surface area contributed by atoms with Gasteiger partial charge in [-0.1, -0.05) is 20.3 Å². The summed E-state index contributed by atoms with van der Waals surface area (Å²) in [5.41, 5.74) is 0. The maximum Gasteiger partial charge on any atom is 0.315 e. The van der Waals surface area contributed by atoms with Crippen molar-refractivity contribution in [3.63, 3.8) is 0 Å². The summed E-state index contributed by atoms with van der Waals surface area (Å²) in [6.45, 7) is 8.35. The molecule has 0 bridgehead atoms. The van der Waals surface area contributed by atoms with Crippen LogP contribution in [-0.2, 0) is 4.74 Å². The molecule has 1 rings (SSSR count). The summed E-state index contributed by atoms with van der Waals surface area (Å²) in [4.78, 5) is 11.8. The minimum atomic E-state index is -0.483. The van der Waals surface area contributed by atoms with Crippen molar-refractivity contribution < 1.29 is 14.6 Å². The van der Waals surface area contributed by atoms with Crippen LogP contribution in [0.2, 0.25) is 0 Å². The summed E-state index contributed by atoms with van der Waals surface area (Å²) in [5, 5.41) is 15.5. The number of amides is 2. The Balaban J connectivity index is 2.27. The fourth-order valence-electron chi connectivity index (χ4n) is 2.43. The monoisotopic (exact) mass is 272 g/mol. The first-order valence-electron chi connectivity index (χ1n) is 7.30. The molecule has 3 N–H and O–H groups in total. The largest absolute Gasteiger partial charge is 0.391 e. The highest BCUT2D eigenvalue weighted by molar-refractivity contribution is 5.74. The van der Waals surface area contributed by atoms with E-state index in [0.717, 1.165) is 19.3 Å². The summed E-state index contributed by atoms with van der Waals surface area (Å²) < 4.78 is 5.63. The van der Waals surface area contributed by atoms with Crippen molar-refractivity contribution in [1.82, 2.24) is 10.6 Å².